The molecule has 0 radical (unpaired) electrons. The van der Waals surface area contributed by atoms with Crippen LogP contribution in [0.25, 0.3) is 11.1 Å². The number of carbonyl (C=O) groups excluding carboxylic acids is 2. The van der Waals surface area contributed by atoms with Gasteiger partial charge in [-0.2, -0.15) is 0 Å². The Morgan fingerprint density at radius 3 is 2.42 bits per heavy atom. The van der Waals surface area contributed by atoms with Gasteiger partial charge in [-0.25, -0.2) is 4.39 Å². The van der Waals surface area contributed by atoms with Gasteiger partial charge >= 0.3 is 0 Å². The van der Waals surface area contributed by atoms with Gasteiger partial charge in [-0.1, -0.05) is 50.6 Å². The maximum atomic E-state index is 13.9. The van der Waals surface area contributed by atoms with E-state index in [4.69, 9.17) is 11.6 Å². The third kappa shape index (κ3) is 3.33. The minimum Gasteiger partial charge on any atom is -0.299 e. The average Bonchev–Trinajstić information content (AvgIpc) is 2.61. The summed E-state index contributed by atoms with van der Waals surface area (Å²) in [5.41, 5.74) is 2.67. The van der Waals surface area contributed by atoms with Gasteiger partial charge in [-0.05, 0) is 53.3 Å². The Balaban J connectivity index is 2.12. The number of aryl methyl sites for hydroxylation is 1. The normalized spacial score (nSPS) is 19.7. The monoisotopic (exact) mass is 372 g/mol. The minimum atomic E-state index is -0.731. The van der Waals surface area contributed by atoms with Crippen LogP contribution in [0.5, 0.6) is 0 Å². The molecule has 3 rings (SSSR count). The molecule has 2 aromatic carbocycles. The summed E-state index contributed by atoms with van der Waals surface area (Å²) in [4.78, 5) is 25.6. The Morgan fingerprint density at radius 1 is 1.12 bits per heavy atom. The third-order valence-corrected chi connectivity index (χ3v) is 5.64. The largest absolute Gasteiger partial charge is 0.299 e. The molecule has 0 aromatic heterocycles. The van der Waals surface area contributed by atoms with Crippen LogP contribution in [-0.2, 0) is 16.0 Å². The van der Waals surface area contributed by atoms with Crippen molar-refractivity contribution in [1.82, 2.24) is 0 Å². The number of rotatable bonds is 3. The molecule has 1 aliphatic carbocycles. The Morgan fingerprint density at radius 2 is 1.77 bits per heavy atom. The first-order valence-electron chi connectivity index (χ1n) is 8.90. The fraction of sp³-hybridized carbons (Fsp3) is 0.364. The quantitative estimate of drug-likeness (QED) is 0.643. The van der Waals surface area contributed by atoms with E-state index in [1.54, 1.807) is 6.07 Å². The molecular weight excluding hydrogens is 351 g/mol. The van der Waals surface area contributed by atoms with Crippen LogP contribution in [0.4, 0.5) is 4.39 Å². The predicted octanol–water partition coefficient (Wildman–Crippen LogP) is 5.75. The van der Waals surface area contributed by atoms with Crippen molar-refractivity contribution in [3.05, 3.63) is 58.4 Å². The number of Topliss-reactive ketones (excluding diaryl/α,β-unsaturated/α-hetero) is 2. The second-order valence-corrected chi connectivity index (χ2v) is 7.95. The summed E-state index contributed by atoms with van der Waals surface area (Å²) in [5, 5.41) is 0.0681. The Bertz CT molecular complexity index is 886. The van der Waals surface area contributed by atoms with E-state index in [1.165, 1.54) is 12.1 Å². The van der Waals surface area contributed by atoms with Crippen LogP contribution in [0.15, 0.2) is 36.4 Å². The molecule has 0 heterocycles. The van der Waals surface area contributed by atoms with Crippen molar-refractivity contribution in [1.29, 1.82) is 0 Å². The Hall–Kier alpha value is -2.00. The fourth-order valence-electron chi connectivity index (χ4n) is 3.60. The van der Waals surface area contributed by atoms with Crippen LogP contribution in [-0.4, -0.2) is 11.6 Å². The minimum absolute atomic E-state index is 0.0246. The summed E-state index contributed by atoms with van der Waals surface area (Å²) in [6, 6.07) is 10.3. The van der Waals surface area contributed by atoms with E-state index in [0.29, 0.717) is 18.4 Å². The first-order chi connectivity index (χ1) is 12.2. The molecule has 26 heavy (non-hydrogen) atoms. The Labute approximate surface area is 158 Å². The van der Waals surface area contributed by atoms with E-state index >= 15 is 0 Å². The van der Waals surface area contributed by atoms with Crippen molar-refractivity contribution in [3.63, 3.8) is 0 Å². The zero-order chi connectivity index (χ0) is 19.1. The van der Waals surface area contributed by atoms with Gasteiger partial charge in [0.25, 0.3) is 0 Å². The van der Waals surface area contributed by atoms with Crippen molar-refractivity contribution in [2.24, 2.45) is 5.41 Å². The van der Waals surface area contributed by atoms with Gasteiger partial charge in [0, 0.05) is 11.8 Å². The third-order valence-electron chi connectivity index (χ3n) is 5.34. The molecule has 4 heteroatoms. The van der Waals surface area contributed by atoms with Gasteiger partial charge in [0.2, 0.25) is 0 Å². The summed E-state index contributed by atoms with van der Waals surface area (Å²) in [5.74, 6) is -1.27. The lowest BCUT2D eigenvalue weighted by molar-refractivity contribution is -0.139. The molecule has 0 bridgehead atoms. The molecule has 0 amide bonds. The highest BCUT2D eigenvalue weighted by molar-refractivity contribution is 6.30. The molecule has 2 aromatic rings. The number of hydrogen-bond acceptors (Lipinski definition) is 2. The van der Waals surface area contributed by atoms with Crippen molar-refractivity contribution >= 4 is 23.2 Å². The fourth-order valence-corrected chi connectivity index (χ4v) is 3.71. The van der Waals surface area contributed by atoms with Gasteiger partial charge in [-0.15, -0.1) is 0 Å². The van der Waals surface area contributed by atoms with E-state index in [2.05, 4.69) is 0 Å². The highest BCUT2D eigenvalue weighted by Crippen LogP contribution is 2.40. The first-order valence-corrected chi connectivity index (χ1v) is 9.27. The standard InChI is InChI=1S/C22H22ClFO2/c1-4-13-5-6-14(15-7-8-17(23)18(24)12-15)11-16(13)20-19(25)9-10-22(2,3)21(20)26/h5-8,11-12,20H,4,9-10H2,1-3H3. The maximum absolute atomic E-state index is 13.9. The lowest BCUT2D eigenvalue weighted by atomic mass is 9.67. The van der Waals surface area contributed by atoms with Gasteiger partial charge in [0.15, 0.2) is 5.78 Å². The first kappa shape index (κ1) is 18.8. The van der Waals surface area contributed by atoms with Crippen molar-refractivity contribution < 1.29 is 14.0 Å². The zero-order valence-corrected chi connectivity index (χ0v) is 16.0. The Kier molecular flexibility index (Phi) is 5.03. The summed E-state index contributed by atoms with van der Waals surface area (Å²) in [6.45, 7) is 5.81. The van der Waals surface area contributed by atoms with Crippen LogP contribution >= 0.6 is 11.6 Å². The van der Waals surface area contributed by atoms with Gasteiger partial charge in [0.1, 0.15) is 17.5 Å². The SMILES string of the molecule is CCc1ccc(-c2ccc(Cl)c(F)c2)cc1C1C(=O)CCC(C)(C)C1=O. The van der Waals surface area contributed by atoms with Gasteiger partial charge < -0.3 is 0 Å². The maximum Gasteiger partial charge on any atom is 0.153 e. The second kappa shape index (κ2) is 6.96. The van der Waals surface area contributed by atoms with E-state index < -0.39 is 17.2 Å². The molecule has 0 spiro atoms. The highest BCUT2D eigenvalue weighted by Gasteiger charge is 2.43. The number of hydrogen-bond donors (Lipinski definition) is 0. The molecule has 1 atom stereocenters. The van der Waals surface area contributed by atoms with E-state index in [9.17, 15) is 14.0 Å². The number of ketones is 2. The molecule has 0 aliphatic heterocycles. The van der Waals surface area contributed by atoms with E-state index in [0.717, 1.165) is 23.1 Å². The van der Waals surface area contributed by atoms with E-state index in [-0.39, 0.29) is 16.6 Å². The lowest BCUT2D eigenvalue weighted by Crippen LogP contribution is -2.39. The molecule has 2 nitrogen and oxygen atoms in total. The molecule has 0 saturated heterocycles. The smallest absolute Gasteiger partial charge is 0.153 e. The number of carbonyl (C=O) groups is 2. The van der Waals surface area contributed by atoms with Crippen LogP contribution in [0.2, 0.25) is 5.02 Å². The second-order valence-electron chi connectivity index (χ2n) is 7.54. The van der Waals surface area contributed by atoms with Gasteiger partial charge in [-0.3, -0.25) is 9.59 Å². The molecule has 1 unspecified atom stereocenters. The van der Waals surface area contributed by atoms with Crippen LogP contribution in [0, 0.1) is 11.2 Å². The zero-order valence-electron chi connectivity index (χ0n) is 15.2. The number of halogens is 2. The molecule has 136 valence electrons. The average molecular weight is 373 g/mol. The van der Waals surface area contributed by atoms with Crippen molar-refractivity contribution in [2.45, 2.75) is 46.0 Å². The molecule has 0 N–H and O–H groups in total. The molecular formula is C22H22ClFO2. The van der Waals surface area contributed by atoms with Crippen molar-refractivity contribution in [2.75, 3.05) is 0 Å². The molecule has 1 fully saturated rings. The van der Waals surface area contributed by atoms with Crippen LogP contribution in [0.3, 0.4) is 0 Å². The molecule has 1 aliphatic rings. The van der Waals surface area contributed by atoms with E-state index in [1.807, 2.05) is 39.0 Å². The molecule has 1 saturated carbocycles. The predicted molar refractivity (Wildman–Crippen MR) is 102 cm³/mol. The lowest BCUT2D eigenvalue weighted by Gasteiger charge is -2.33. The summed E-state index contributed by atoms with van der Waals surface area (Å²) >= 11 is 5.77. The topological polar surface area (TPSA) is 34.1 Å². The number of benzene rings is 2. The van der Waals surface area contributed by atoms with Crippen LogP contribution < -0.4 is 0 Å². The van der Waals surface area contributed by atoms with Crippen LogP contribution in [0.1, 0.15) is 50.7 Å². The summed E-state index contributed by atoms with van der Waals surface area (Å²) in [7, 11) is 0. The summed E-state index contributed by atoms with van der Waals surface area (Å²) in [6.07, 6.45) is 1.72. The van der Waals surface area contributed by atoms with Crippen molar-refractivity contribution in [3.8, 4) is 11.1 Å². The highest BCUT2D eigenvalue weighted by atomic mass is 35.5. The summed E-state index contributed by atoms with van der Waals surface area (Å²) < 4.78 is 13.9. The van der Waals surface area contributed by atoms with Gasteiger partial charge in [0.05, 0.1) is 5.02 Å².